The van der Waals surface area contributed by atoms with Crippen molar-refractivity contribution in [2.24, 2.45) is 11.7 Å². The van der Waals surface area contributed by atoms with E-state index in [1.54, 1.807) is 0 Å². The van der Waals surface area contributed by atoms with Gasteiger partial charge >= 0.3 is 0 Å². The molecule has 0 saturated carbocycles. The Morgan fingerprint density at radius 2 is 1.67 bits per heavy atom. The van der Waals surface area contributed by atoms with Crippen LogP contribution in [-0.2, 0) is 6.42 Å². The molecule has 0 fully saturated rings. The topological polar surface area (TPSA) is 46.2 Å². The summed E-state index contributed by atoms with van der Waals surface area (Å²) in [4.78, 5) is 0. The van der Waals surface area contributed by atoms with Crippen LogP contribution in [0, 0.1) is 19.8 Å². The maximum Gasteiger partial charge on any atom is 0.121 e. The molecule has 2 heteroatoms. The van der Waals surface area contributed by atoms with E-state index in [2.05, 4.69) is 13.8 Å². The van der Waals surface area contributed by atoms with E-state index in [1.807, 2.05) is 26.0 Å². The molecule has 15 heavy (non-hydrogen) atoms. The first-order valence-electron chi connectivity index (χ1n) is 5.46. The number of benzene rings is 1. The van der Waals surface area contributed by atoms with Gasteiger partial charge in [-0.25, -0.2) is 0 Å². The number of phenolic OH excluding ortho intramolecular Hbond substituents is 1. The fourth-order valence-electron chi connectivity index (χ4n) is 1.67. The number of phenols is 1. The van der Waals surface area contributed by atoms with Crippen LogP contribution in [-0.4, -0.2) is 11.1 Å². The van der Waals surface area contributed by atoms with E-state index in [0.29, 0.717) is 11.7 Å². The van der Waals surface area contributed by atoms with Gasteiger partial charge in [-0.1, -0.05) is 26.0 Å². The van der Waals surface area contributed by atoms with Crippen molar-refractivity contribution in [1.82, 2.24) is 0 Å². The smallest absolute Gasteiger partial charge is 0.121 e. The van der Waals surface area contributed by atoms with Crippen molar-refractivity contribution in [2.75, 3.05) is 0 Å². The van der Waals surface area contributed by atoms with Crippen LogP contribution in [0.5, 0.6) is 5.75 Å². The third kappa shape index (κ3) is 2.96. The van der Waals surface area contributed by atoms with Crippen LogP contribution in [0.4, 0.5) is 0 Å². The van der Waals surface area contributed by atoms with Crippen LogP contribution in [0.3, 0.4) is 0 Å². The Bertz CT molecular complexity index is 321. The molecule has 1 rings (SSSR count). The molecule has 1 aromatic rings. The molecule has 3 N–H and O–H groups in total. The summed E-state index contributed by atoms with van der Waals surface area (Å²) < 4.78 is 0. The fraction of sp³-hybridized carbons (Fsp3) is 0.538. The molecule has 84 valence electrons. The highest BCUT2D eigenvalue weighted by Gasteiger charge is 2.10. The van der Waals surface area contributed by atoms with Crippen molar-refractivity contribution < 1.29 is 5.11 Å². The minimum atomic E-state index is 0.188. The largest absolute Gasteiger partial charge is 0.507 e. The Labute approximate surface area is 92.1 Å². The summed E-state index contributed by atoms with van der Waals surface area (Å²) in [5, 5.41) is 9.64. The van der Waals surface area contributed by atoms with Crippen LogP contribution in [0.1, 0.15) is 30.5 Å². The number of aryl methyl sites for hydroxylation is 2. The third-order valence-electron chi connectivity index (χ3n) is 2.88. The molecule has 1 aromatic carbocycles. The number of aromatic hydroxyl groups is 1. The van der Waals surface area contributed by atoms with Gasteiger partial charge < -0.3 is 10.8 Å². The van der Waals surface area contributed by atoms with E-state index in [0.717, 1.165) is 17.5 Å². The molecule has 0 bridgehead atoms. The molecule has 0 amide bonds. The fourth-order valence-corrected chi connectivity index (χ4v) is 1.67. The zero-order valence-corrected chi connectivity index (χ0v) is 10.0. The summed E-state index contributed by atoms with van der Waals surface area (Å²) in [7, 11) is 0. The second kappa shape index (κ2) is 4.67. The quantitative estimate of drug-likeness (QED) is 0.800. The Morgan fingerprint density at radius 1 is 1.20 bits per heavy atom. The third-order valence-corrected chi connectivity index (χ3v) is 2.88. The molecule has 0 aliphatic carbocycles. The van der Waals surface area contributed by atoms with Crippen molar-refractivity contribution in [3.8, 4) is 5.75 Å². The lowest BCUT2D eigenvalue weighted by Crippen LogP contribution is -2.28. The van der Waals surface area contributed by atoms with Crippen LogP contribution in [0.25, 0.3) is 0 Å². The van der Waals surface area contributed by atoms with Gasteiger partial charge in [0.05, 0.1) is 0 Å². The van der Waals surface area contributed by atoms with E-state index in [1.165, 1.54) is 5.56 Å². The Morgan fingerprint density at radius 3 is 2.07 bits per heavy atom. The van der Waals surface area contributed by atoms with Crippen LogP contribution in [0.2, 0.25) is 0 Å². The van der Waals surface area contributed by atoms with Crippen LogP contribution in [0.15, 0.2) is 12.1 Å². The highest BCUT2D eigenvalue weighted by molar-refractivity contribution is 5.42. The summed E-state index contributed by atoms with van der Waals surface area (Å²) in [6.45, 7) is 8.11. The van der Waals surface area contributed by atoms with Gasteiger partial charge in [0.15, 0.2) is 0 Å². The Hall–Kier alpha value is -1.02. The highest BCUT2D eigenvalue weighted by atomic mass is 16.3. The molecular formula is C13H21NO. The first-order valence-corrected chi connectivity index (χ1v) is 5.46. The van der Waals surface area contributed by atoms with E-state index in [-0.39, 0.29) is 6.04 Å². The molecule has 1 unspecified atom stereocenters. The predicted octanol–water partition coefficient (Wildman–Crippen LogP) is 2.53. The van der Waals surface area contributed by atoms with Gasteiger partial charge in [-0.2, -0.15) is 0 Å². The average Bonchev–Trinajstić information content (AvgIpc) is 2.13. The van der Waals surface area contributed by atoms with Gasteiger partial charge in [-0.15, -0.1) is 0 Å². The summed E-state index contributed by atoms with van der Waals surface area (Å²) in [6.07, 6.45) is 0.875. The zero-order chi connectivity index (χ0) is 11.6. The molecule has 0 heterocycles. The summed E-state index contributed by atoms with van der Waals surface area (Å²) in [6, 6.07) is 4.23. The maximum absolute atomic E-state index is 9.64. The summed E-state index contributed by atoms with van der Waals surface area (Å²) in [5.74, 6) is 0.885. The minimum absolute atomic E-state index is 0.188. The SMILES string of the molecule is Cc1cc(CC(N)C(C)C)cc(C)c1O. The molecule has 0 spiro atoms. The molecule has 0 saturated heterocycles. The van der Waals surface area contributed by atoms with Gasteiger partial charge in [0.2, 0.25) is 0 Å². The molecule has 1 atom stereocenters. The van der Waals surface area contributed by atoms with E-state index < -0.39 is 0 Å². The Kier molecular flexibility index (Phi) is 3.75. The van der Waals surface area contributed by atoms with Crippen LogP contribution < -0.4 is 5.73 Å². The lowest BCUT2D eigenvalue weighted by molar-refractivity contribution is 0.465. The number of hydrogen-bond donors (Lipinski definition) is 2. The molecular weight excluding hydrogens is 186 g/mol. The van der Waals surface area contributed by atoms with Crippen LogP contribution >= 0.6 is 0 Å². The second-order valence-electron chi connectivity index (χ2n) is 4.69. The number of hydrogen-bond acceptors (Lipinski definition) is 2. The van der Waals surface area contributed by atoms with E-state index in [4.69, 9.17) is 5.73 Å². The molecule has 0 aliphatic rings. The highest BCUT2D eigenvalue weighted by Crippen LogP contribution is 2.23. The lowest BCUT2D eigenvalue weighted by Gasteiger charge is -2.16. The number of nitrogens with two attached hydrogens (primary N) is 1. The normalized spacial score (nSPS) is 13.2. The maximum atomic E-state index is 9.64. The molecule has 0 aliphatic heterocycles. The standard InChI is InChI=1S/C13H21NO/c1-8(2)12(14)7-11-5-9(3)13(15)10(4)6-11/h5-6,8,12,15H,7,14H2,1-4H3. The van der Waals surface area contributed by atoms with E-state index >= 15 is 0 Å². The van der Waals surface area contributed by atoms with Crippen molar-refractivity contribution >= 4 is 0 Å². The van der Waals surface area contributed by atoms with Crippen molar-refractivity contribution in [3.63, 3.8) is 0 Å². The second-order valence-corrected chi connectivity index (χ2v) is 4.69. The van der Waals surface area contributed by atoms with Gasteiger partial charge in [-0.3, -0.25) is 0 Å². The van der Waals surface area contributed by atoms with Crippen molar-refractivity contribution in [3.05, 3.63) is 28.8 Å². The first kappa shape index (κ1) is 12.1. The van der Waals surface area contributed by atoms with Crippen molar-refractivity contribution in [2.45, 2.75) is 40.2 Å². The van der Waals surface area contributed by atoms with Gasteiger partial charge in [-0.05, 0) is 42.9 Å². The van der Waals surface area contributed by atoms with Gasteiger partial charge in [0.25, 0.3) is 0 Å². The van der Waals surface area contributed by atoms with Gasteiger partial charge in [0.1, 0.15) is 5.75 Å². The predicted molar refractivity (Wildman–Crippen MR) is 64.1 cm³/mol. The van der Waals surface area contributed by atoms with Crippen molar-refractivity contribution in [1.29, 1.82) is 0 Å². The first-order chi connectivity index (χ1) is 6.91. The van der Waals surface area contributed by atoms with E-state index in [9.17, 15) is 5.11 Å². The zero-order valence-electron chi connectivity index (χ0n) is 10.0. The lowest BCUT2D eigenvalue weighted by atomic mass is 9.95. The van der Waals surface area contributed by atoms with Gasteiger partial charge in [0, 0.05) is 6.04 Å². The summed E-state index contributed by atoms with van der Waals surface area (Å²) in [5.41, 5.74) is 9.10. The average molecular weight is 207 g/mol. The molecule has 0 aromatic heterocycles. The number of rotatable bonds is 3. The molecule has 0 radical (unpaired) electrons. The summed E-state index contributed by atoms with van der Waals surface area (Å²) >= 11 is 0. The minimum Gasteiger partial charge on any atom is -0.507 e. The monoisotopic (exact) mass is 207 g/mol. The molecule has 2 nitrogen and oxygen atoms in total. The Balaban J connectivity index is 2.88.